The van der Waals surface area contributed by atoms with Crippen molar-refractivity contribution in [1.82, 2.24) is 14.6 Å². The lowest BCUT2D eigenvalue weighted by Gasteiger charge is -2.46. The molecule has 0 unspecified atom stereocenters. The van der Waals surface area contributed by atoms with Gasteiger partial charge in [-0.3, -0.25) is 4.90 Å². The van der Waals surface area contributed by atoms with E-state index < -0.39 is 10.0 Å². The Labute approximate surface area is 176 Å². The lowest BCUT2D eigenvalue weighted by atomic mass is 9.98. The number of thioether (sulfide) groups is 1. The lowest BCUT2D eigenvalue weighted by molar-refractivity contribution is -0.0763. The largest absolute Gasteiger partial charge is 0.378 e. The highest BCUT2D eigenvalue weighted by Crippen LogP contribution is 2.32. The molecule has 28 heavy (non-hydrogen) atoms. The Morgan fingerprint density at radius 3 is 2.96 bits per heavy atom. The van der Waals surface area contributed by atoms with Gasteiger partial charge in [-0.25, -0.2) is 18.1 Å². The summed E-state index contributed by atoms with van der Waals surface area (Å²) in [5.74, 6) is 2.41. The number of anilines is 1. The molecule has 1 aromatic heterocycles. The fourth-order valence-electron chi connectivity index (χ4n) is 4.32. The van der Waals surface area contributed by atoms with Gasteiger partial charge in [0, 0.05) is 43.4 Å². The van der Waals surface area contributed by atoms with E-state index in [9.17, 15) is 8.42 Å². The zero-order chi connectivity index (χ0) is 19.8. The normalized spacial score (nSPS) is 29.1. The summed E-state index contributed by atoms with van der Waals surface area (Å²) in [5.41, 5.74) is -0.347. The molecule has 1 N–H and O–H groups in total. The Morgan fingerprint density at radius 2 is 2.18 bits per heavy atom. The summed E-state index contributed by atoms with van der Waals surface area (Å²) >= 11 is 7.97. The number of ether oxygens (including phenoxy) is 1. The molecule has 156 valence electrons. The van der Waals surface area contributed by atoms with Gasteiger partial charge < -0.3 is 9.64 Å². The Hall–Kier alpha value is -0.580. The number of morpholine rings is 1. The molecule has 4 rings (SSSR count). The van der Waals surface area contributed by atoms with Gasteiger partial charge in [0.05, 0.1) is 23.8 Å². The molecule has 3 saturated heterocycles. The van der Waals surface area contributed by atoms with Crippen LogP contribution in [0.1, 0.15) is 19.8 Å². The van der Waals surface area contributed by atoms with Crippen LogP contribution in [0.15, 0.2) is 17.2 Å². The summed E-state index contributed by atoms with van der Waals surface area (Å²) < 4.78 is 35.1. The van der Waals surface area contributed by atoms with Crippen LogP contribution >= 0.6 is 23.4 Å². The average Bonchev–Trinajstić information content (AvgIpc) is 3.18. The lowest BCUT2D eigenvalue weighted by Crippen LogP contribution is -2.62. The first-order valence-corrected chi connectivity index (χ1v) is 12.7. The van der Waals surface area contributed by atoms with Gasteiger partial charge in [-0.2, -0.15) is 11.8 Å². The molecule has 0 radical (unpaired) electrons. The van der Waals surface area contributed by atoms with E-state index in [1.165, 1.54) is 12.3 Å². The van der Waals surface area contributed by atoms with Crippen molar-refractivity contribution < 1.29 is 13.2 Å². The summed E-state index contributed by atoms with van der Waals surface area (Å²) in [5, 5.41) is 0.322. The van der Waals surface area contributed by atoms with Gasteiger partial charge in [0.1, 0.15) is 10.7 Å². The van der Waals surface area contributed by atoms with E-state index in [1.54, 1.807) is 0 Å². The summed E-state index contributed by atoms with van der Waals surface area (Å²) in [6.07, 6.45) is 3.76. The number of fused-ring (bicyclic) bond motifs is 1. The predicted octanol–water partition coefficient (Wildman–Crippen LogP) is 1.82. The van der Waals surface area contributed by atoms with E-state index >= 15 is 0 Å². The van der Waals surface area contributed by atoms with Crippen LogP contribution in [0, 0.1) is 0 Å². The van der Waals surface area contributed by atoms with Crippen molar-refractivity contribution >= 4 is 39.2 Å². The van der Waals surface area contributed by atoms with E-state index in [-0.39, 0.29) is 10.4 Å². The molecule has 2 atom stereocenters. The summed E-state index contributed by atoms with van der Waals surface area (Å²) in [6.45, 7) is 6.18. The minimum absolute atomic E-state index is 0.158. The topological polar surface area (TPSA) is 74.8 Å². The van der Waals surface area contributed by atoms with Crippen LogP contribution in [0.25, 0.3) is 0 Å². The highest BCUT2D eigenvalue weighted by atomic mass is 35.5. The number of hydrogen-bond donors (Lipinski definition) is 1. The number of rotatable bonds is 5. The van der Waals surface area contributed by atoms with Crippen LogP contribution < -0.4 is 9.62 Å². The number of nitrogens with one attached hydrogen (secondary N) is 1. The summed E-state index contributed by atoms with van der Waals surface area (Å²) in [7, 11) is -3.76. The van der Waals surface area contributed by atoms with E-state index in [2.05, 4.69) is 21.5 Å². The fraction of sp³-hybridized carbons (Fsp3) is 0.722. The molecule has 0 bridgehead atoms. The van der Waals surface area contributed by atoms with Gasteiger partial charge in [-0.05, 0) is 32.4 Å². The highest BCUT2D eigenvalue weighted by molar-refractivity contribution is 7.99. The third kappa shape index (κ3) is 4.15. The molecule has 4 heterocycles. The van der Waals surface area contributed by atoms with Crippen molar-refractivity contribution in [3.63, 3.8) is 0 Å². The summed E-state index contributed by atoms with van der Waals surface area (Å²) in [6, 6.07) is 1.89. The SMILES string of the molecule is C[C@]1(CNS(=O)(=O)c2cc(Cl)cnc2N2CCSCC2)COC[C@H]2CCCN21. The van der Waals surface area contributed by atoms with Crippen molar-refractivity contribution in [3.05, 3.63) is 17.3 Å². The quantitative estimate of drug-likeness (QED) is 0.739. The van der Waals surface area contributed by atoms with E-state index in [4.69, 9.17) is 16.3 Å². The number of aromatic nitrogens is 1. The molecule has 10 heteroatoms. The van der Waals surface area contributed by atoms with Crippen molar-refractivity contribution in [2.45, 2.75) is 36.2 Å². The minimum atomic E-state index is -3.76. The molecule has 3 aliphatic heterocycles. The number of sulfonamides is 1. The maximum Gasteiger partial charge on any atom is 0.244 e. The van der Waals surface area contributed by atoms with E-state index in [0.29, 0.717) is 30.0 Å². The molecule has 0 aromatic carbocycles. The first-order chi connectivity index (χ1) is 13.4. The molecular weight excluding hydrogens is 420 g/mol. The van der Waals surface area contributed by atoms with Crippen LogP contribution in [-0.2, 0) is 14.8 Å². The molecule has 3 aliphatic rings. The van der Waals surface area contributed by atoms with Gasteiger partial charge in [0.25, 0.3) is 0 Å². The standard InChI is InChI=1S/C18H27ClN4O3S2/c1-18(13-26-11-15-3-2-4-23(15)18)12-21-28(24,25)16-9-14(19)10-20-17(16)22-5-7-27-8-6-22/h9-10,15,21H,2-8,11-13H2,1H3/t15-,18+/m1/s1. The highest BCUT2D eigenvalue weighted by Gasteiger charge is 2.43. The van der Waals surface area contributed by atoms with Gasteiger partial charge in [0.15, 0.2) is 0 Å². The van der Waals surface area contributed by atoms with E-state index in [1.807, 2.05) is 16.7 Å². The molecular formula is C18H27ClN4O3S2. The monoisotopic (exact) mass is 446 g/mol. The maximum absolute atomic E-state index is 13.2. The molecule has 0 spiro atoms. The third-order valence-electron chi connectivity index (χ3n) is 5.84. The number of nitrogens with zero attached hydrogens (tertiary/aromatic N) is 3. The Morgan fingerprint density at radius 1 is 1.39 bits per heavy atom. The second-order valence-corrected chi connectivity index (χ2v) is 11.3. The molecule has 3 fully saturated rings. The molecule has 0 amide bonds. The van der Waals surface area contributed by atoms with Gasteiger partial charge >= 0.3 is 0 Å². The van der Waals surface area contributed by atoms with Crippen molar-refractivity contribution in [2.24, 2.45) is 0 Å². The van der Waals surface area contributed by atoms with Crippen molar-refractivity contribution in [2.75, 3.05) is 55.8 Å². The molecule has 7 nitrogen and oxygen atoms in total. The van der Waals surface area contributed by atoms with Gasteiger partial charge in [-0.15, -0.1) is 0 Å². The van der Waals surface area contributed by atoms with Gasteiger partial charge in [-0.1, -0.05) is 11.6 Å². The maximum atomic E-state index is 13.2. The molecule has 0 aliphatic carbocycles. The van der Waals surface area contributed by atoms with Crippen LogP contribution in [0.2, 0.25) is 5.02 Å². The second-order valence-electron chi connectivity index (χ2n) is 7.90. The average molecular weight is 447 g/mol. The molecule has 1 aromatic rings. The van der Waals surface area contributed by atoms with Crippen LogP contribution in [0.3, 0.4) is 0 Å². The molecule has 0 saturated carbocycles. The number of pyridine rings is 1. The van der Waals surface area contributed by atoms with Crippen LogP contribution in [0.5, 0.6) is 0 Å². The smallest absolute Gasteiger partial charge is 0.244 e. The zero-order valence-corrected chi connectivity index (χ0v) is 18.5. The zero-order valence-electron chi connectivity index (χ0n) is 16.1. The first-order valence-electron chi connectivity index (χ1n) is 9.71. The van der Waals surface area contributed by atoms with Crippen molar-refractivity contribution in [1.29, 1.82) is 0 Å². The van der Waals surface area contributed by atoms with E-state index in [0.717, 1.165) is 50.6 Å². The minimum Gasteiger partial charge on any atom is -0.378 e. The second kappa shape index (κ2) is 8.28. The predicted molar refractivity (Wildman–Crippen MR) is 113 cm³/mol. The first kappa shape index (κ1) is 20.7. The fourth-order valence-corrected chi connectivity index (χ4v) is 6.81. The van der Waals surface area contributed by atoms with Crippen LogP contribution in [0.4, 0.5) is 5.82 Å². The van der Waals surface area contributed by atoms with Crippen molar-refractivity contribution in [3.8, 4) is 0 Å². The Balaban J connectivity index is 1.56. The number of halogens is 1. The number of hydrogen-bond acceptors (Lipinski definition) is 7. The van der Waals surface area contributed by atoms with Gasteiger partial charge in [0.2, 0.25) is 10.0 Å². The Bertz CT molecular complexity index is 819. The summed E-state index contributed by atoms with van der Waals surface area (Å²) in [4.78, 5) is 8.95. The Kier molecular flexibility index (Phi) is 6.11. The third-order valence-corrected chi connectivity index (χ3v) is 8.39. The van der Waals surface area contributed by atoms with Crippen LogP contribution in [-0.4, -0.2) is 80.8 Å².